The van der Waals surface area contributed by atoms with Crippen LogP contribution >= 0.6 is 15.9 Å². The summed E-state index contributed by atoms with van der Waals surface area (Å²) in [6, 6.07) is 4.66. The van der Waals surface area contributed by atoms with E-state index in [0.29, 0.717) is 12.0 Å². The van der Waals surface area contributed by atoms with E-state index in [-0.39, 0.29) is 5.82 Å². The van der Waals surface area contributed by atoms with Crippen LogP contribution in [0.4, 0.5) is 4.39 Å². The summed E-state index contributed by atoms with van der Waals surface area (Å²) in [5.74, 6) is -0.318. The van der Waals surface area contributed by atoms with Gasteiger partial charge in [0.2, 0.25) is 0 Å². The van der Waals surface area contributed by atoms with Gasteiger partial charge in [0.1, 0.15) is 5.82 Å². The van der Waals surface area contributed by atoms with E-state index in [9.17, 15) is 9.50 Å². The second kappa shape index (κ2) is 6.71. The minimum atomic E-state index is -0.748. The van der Waals surface area contributed by atoms with Crippen LogP contribution in [0.3, 0.4) is 0 Å². The lowest BCUT2D eigenvalue weighted by atomic mass is 10.0. The predicted octanol–water partition coefficient (Wildman–Crippen LogP) is 3.95. The highest BCUT2D eigenvalue weighted by Gasteiger charge is 2.18. The Bertz CT molecular complexity index is 619. The van der Waals surface area contributed by atoms with Crippen molar-refractivity contribution in [3.05, 3.63) is 51.0 Å². The maximum atomic E-state index is 13.5. The van der Waals surface area contributed by atoms with Gasteiger partial charge in [-0.15, -0.1) is 0 Å². The fraction of sp³-hybridized carbons (Fsp3) is 0.438. The van der Waals surface area contributed by atoms with Gasteiger partial charge in [-0.05, 0) is 59.5 Å². The van der Waals surface area contributed by atoms with E-state index in [4.69, 9.17) is 0 Å². The van der Waals surface area contributed by atoms with Crippen molar-refractivity contribution in [2.75, 3.05) is 0 Å². The first-order chi connectivity index (χ1) is 9.96. The number of aromatic nitrogens is 2. The molecule has 5 heteroatoms. The molecule has 0 bridgehead atoms. The number of aliphatic hydroxyl groups is 1. The number of hydrogen-bond acceptors (Lipinski definition) is 2. The second-order valence-corrected chi connectivity index (χ2v) is 5.95. The van der Waals surface area contributed by atoms with Crippen molar-refractivity contribution in [2.45, 2.75) is 46.3 Å². The molecule has 1 unspecified atom stereocenters. The minimum absolute atomic E-state index is 0.318. The number of nitrogens with zero attached hydrogens (tertiary/aromatic N) is 2. The molecule has 0 amide bonds. The molecule has 1 aromatic heterocycles. The lowest BCUT2D eigenvalue weighted by Crippen LogP contribution is -2.09. The molecule has 0 saturated carbocycles. The van der Waals surface area contributed by atoms with Crippen LogP contribution in [0, 0.1) is 12.7 Å². The summed E-state index contributed by atoms with van der Waals surface area (Å²) < 4.78 is 16.3. The number of hydrogen-bond donors (Lipinski definition) is 1. The van der Waals surface area contributed by atoms with Crippen LogP contribution in [0.2, 0.25) is 0 Å². The monoisotopic (exact) mass is 354 g/mol. The largest absolute Gasteiger partial charge is 0.388 e. The fourth-order valence-corrected chi connectivity index (χ4v) is 3.20. The van der Waals surface area contributed by atoms with E-state index >= 15 is 0 Å². The number of rotatable bonds is 5. The quantitative estimate of drug-likeness (QED) is 0.882. The van der Waals surface area contributed by atoms with Crippen molar-refractivity contribution in [3.63, 3.8) is 0 Å². The van der Waals surface area contributed by atoms with E-state index in [1.165, 1.54) is 12.1 Å². The van der Waals surface area contributed by atoms with Crippen molar-refractivity contribution in [2.24, 2.45) is 0 Å². The van der Waals surface area contributed by atoms with Gasteiger partial charge in [-0.25, -0.2) is 4.39 Å². The number of halogens is 2. The van der Waals surface area contributed by atoms with E-state index < -0.39 is 6.10 Å². The molecule has 0 aliphatic heterocycles. The van der Waals surface area contributed by atoms with Crippen LogP contribution in [0.15, 0.2) is 22.7 Å². The molecule has 0 radical (unpaired) electrons. The average Bonchev–Trinajstić information content (AvgIpc) is 2.74. The highest BCUT2D eigenvalue weighted by atomic mass is 79.9. The van der Waals surface area contributed by atoms with Gasteiger partial charge in [-0.1, -0.05) is 13.0 Å². The first-order valence-electron chi connectivity index (χ1n) is 7.15. The van der Waals surface area contributed by atoms with Gasteiger partial charge in [0.05, 0.1) is 22.0 Å². The van der Waals surface area contributed by atoms with Crippen molar-refractivity contribution in [1.29, 1.82) is 0 Å². The molecule has 114 valence electrons. The lowest BCUT2D eigenvalue weighted by Gasteiger charge is -2.13. The average molecular weight is 355 g/mol. The zero-order valence-corrected chi connectivity index (χ0v) is 14.1. The Kier molecular flexibility index (Phi) is 5.17. The third-order valence-electron chi connectivity index (χ3n) is 3.53. The third kappa shape index (κ3) is 3.52. The fourth-order valence-electron chi connectivity index (χ4n) is 2.47. The predicted molar refractivity (Wildman–Crippen MR) is 84.8 cm³/mol. The van der Waals surface area contributed by atoms with Crippen LogP contribution in [0.5, 0.6) is 0 Å². The van der Waals surface area contributed by atoms with Crippen LogP contribution in [-0.2, 0) is 19.4 Å². The normalized spacial score (nSPS) is 12.7. The van der Waals surface area contributed by atoms with Crippen LogP contribution in [0.25, 0.3) is 0 Å². The van der Waals surface area contributed by atoms with Crippen molar-refractivity contribution < 1.29 is 9.50 Å². The maximum Gasteiger partial charge on any atom is 0.123 e. The van der Waals surface area contributed by atoms with E-state index in [1.807, 2.05) is 31.5 Å². The molecule has 0 saturated heterocycles. The van der Waals surface area contributed by atoms with Gasteiger partial charge in [0.25, 0.3) is 0 Å². The molecule has 1 aromatic carbocycles. The van der Waals surface area contributed by atoms with Gasteiger partial charge in [-0.3, -0.25) is 4.68 Å². The molecule has 1 N–H and O–H groups in total. The summed E-state index contributed by atoms with van der Waals surface area (Å²) >= 11 is 3.56. The summed E-state index contributed by atoms with van der Waals surface area (Å²) in [5, 5.41) is 14.9. The Labute approximate surface area is 132 Å². The summed E-state index contributed by atoms with van der Waals surface area (Å²) in [6.45, 7) is 6.62. The molecular formula is C16H20BrFN2O. The SMILES string of the molecule is CCc1nn(CC)c(CC(O)c2cc(C)cc(F)c2)c1Br. The molecular weight excluding hydrogens is 335 g/mol. The highest BCUT2D eigenvalue weighted by molar-refractivity contribution is 9.10. The zero-order valence-electron chi connectivity index (χ0n) is 12.5. The molecule has 21 heavy (non-hydrogen) atoms. The topological polar surface area (TPSA) is 38.0 Å². The summed E-state index contributed by atoms with van der Waals surface area (Å²) in [5.41, 5.74) is 3.33. The molecule has 0 aliphatic carbocycles. The number of aliphatic hydroxyl groups excluding tert-OH is 1. The van der Waals surface area contributed by atoms with Crippen LogP contribution in [0.1, 0.15) is 42.5 Å². The molecule has 2 aromatic rings. The third-order valence-corrected chi connectivity index (χ3v) is 4.45. The van der Waals surface area contributed by atoms with E-state index in [0.717, 1.165) is 34.4 Å². The lowest BCUT2D eigenvalue weighted by molar-refractivity contribution is 0.174. The van der Waals surface area contributed by atoms with E-state index in [1.54, 1.807) is 0 Å². The van der Waals surface area contributed by atoms with Crippen LogP contribution < -0.4 is 0 Å². The van der Waals surface area contributed by atoms with Gasteiger partial charge >= 0.3 is 0 Å². The maximum absolute atomic E-state index is 13.5. The standard InChI is InChI=1S/C16H20BrFN2O/c1-4-13-16(17)14(20(5-2)19-13)9-15(21)11-6-10(3)7-12(18)8-11/h6-8,15,21H,4-5,9H2,1-3H3. The number of benzene rings is 1. The Balaban J connectivity index is 2.30. The molecule has 1 heterocycles. The first kappa shape index (κ1) is 16.2. The first-order valence-corrected chi connectivity index (χ1v) is 7.94. The van der Waals surface area contributed by atoms with Gasteiger partial charge < -0.3 is 5.11 Å². The summed E-state index contributed by atoms with van der Waals surface area (Å²) in [6.07, 6.45) is 0.488. The molecule has 3 nitrogen and oxygen atoms in total. The Hall–Kier alpha value is -1.20. The molecule has 0 aliphatic rings. The van der Waals surface area contributed by atoms with Crippen molar-refractivity contribution in [3.8, 4) is 0 Å². The highest BCUT2D eigenvalue weighted by Crippen LogP contribution is 2.28. The second-order valence-electron chi connectivity index (χ2n) is 5.16. The Morgan fingerprint density at radius 1 is 1.33 bits per heavy atom. The minimum Gasteiger partial charge on any atom is -0.388 e. The number of aryl methyl sites for hydroxylation is 3. The summed E-state index contributed by atoms with van der Waals surface area (Å²) in [7, 11) is 0. The molecule has 0 fully saturated rings. The summed E-state index contributed by atoms with van der Waals surface area (Å²) in [4.78, 5) is 0. The molecule has 0 spiro atoms. The van der Waals surface area contributed by atoms with Gasteiger partial charge in [-0.2, -0.15) is 5.10 Å². The van der Waals surface area contributed by atoms with Crippen molar-refractivity contribution in [1.82, 2.24) is 9.78 Å². The van der Waals surface area contributed by atoms with E-state index in [2.05, 4.69) is 21.0 Å². The smallest absolute Gasteiger partial charge is 0.123 e. The Morgan fingerprint density at radius 3 is 2.62 bits per heavy atom. The molecule has 1 atom stereocenters. The zero-order chi connectivity index (χ0) is 15.6. The molecule has 2 rings (SSSR count). The Morgan fingerprint density at radius 2 is 2.05 bits per heavy atom. The van der Waals surface area contributed by atoms with Gasteiger partial charge in [0, 0.05) is 13.0 Å². The van der Waals surface area contributed by atoms with Crippen LogP contribution in [-0.4, -0.2) is 14.9 Å². The van der Waals surface area contributed by atoms with Gasteiger partial charge in [0.15, 0.2) is 0 Å². The van der Waals surface area contributed by atoms with Crippen molar-refractivity contribution >= 4 is 15.9 Å².